The molecule has 0 aliphatic rings. The first-order valence-electron chi connectivity index (χ1n) is 7.22. The van der Waals surface area contributed by atoms with Gasteiger partial charge < -0.3 is 10.4 Å². The highest BCUT2D eigenvalue weighted by Gasteiger charge is 2.18. The summed E-state index contributed by atoms with van der Waals surface area (Å²) in [5.41, 5.74) is 0.285. The largest absolute Gasteiger partial charge is 0.391 e. The standard InChI is InChI=1S/C15H22N4O2S/c1-15(2,3)7-11(20)8-16-14(21)13-10-19(18-17-13)9-12-5-4-6-22-12/h4-6,10-11,20H,7-9H2,1-3H3,(H,16,21)/t11-/m0/s1. The van der Waals surface area contributed by atoms with Crippen LogP contribution in [0.4, 0.5) is 0 Å². The number of carbonyl (C=O) groups is 1. The van der Waals surface area contributed by atoms with E-state index in [0.29, 0.717) is 13.0 Å². The highest BCUT2D eigenvalue weighted by atomic mass is 32.1. The molecular formula is C15H22N4O2S. The third-order valence-electron chi connectivity index (χ3n) is 3.02. The van der Waals surface area contributed by atoms with E-state index in [9.17, 15) is 9.90 Å². The lowest BCUT2D eigenvalue weighted by Gasteiger charge is -2.22. The lowest BCUT2D eigenvalue weighted by Crippen LogP contribution is -2.34. The summed E-state index contributed by atoms with van der Waals surface area (Å²) in [4.78, 5) is 13.1. The minimum Gasteiger partial charge on any atom is -0.391 e. The monoisotopic (exact) mass is 322 g/mol. The van der Waals surface area contributed by atoms with Crippen molar-refractivity contribution in [2.24, 2.45) is 5.41 Å². The summed E-state index contributed by atoms with van der Waals surface area (Å²) in [6.45, 7) is 6.97. The average molecular weight is 322 g/mol. The number of rotatable bonds is 6. The molecule has 0 aromatic carbocycles. The van der Waals surface area contributed by atoms with Crippen LogP contribution < -0.4 is 5.32 Å². The number of carbonyl (C=O) groups excluding carboxylic acids is 1. The quantitative estimate of drug-likeness (QED) is 0.851. The van der Waals surface area contributed by atoms with Crippen molar-refractivity contribution >= 4 is 17.2 Å². The molecule has 2 aromatic rings. The summed E-state index contributed by atoms with van der Waals surface area (Å²) in [6.07, 6.45) is 1.67. The van der Waals surface area contributed by atoms with Crippen molar-refractivity contribution in [2.45, 2.75) is 39.8 Å². The molecular weight excluding hydrogens is 300 g/mol. The van der Waals surface area contributed by atoms with Crippen LogP contribution in [0.25, 0.3) is 0 Å². The van der Waals surface area contributed by atoms with E-state index in [1.165, 1.54) is 0 Å². The molecule has 0 unspecified atom stereocenters. The fraction of sp³-hybridized carbons (Fsp3) is 0.533. The summed E-state index contributed by atoms with van der Waals surface area (Å²) in [5.74, 6) is -0.314. The van der Waals surface area contributed by atoms with Crippen molar-refractivity contribution in [3.8, 4) is 0 Å². The Morgan fingerprint density at radius 1 is 1.50 bits per heavy atom. The maximum atomic E-state index is 12.0. The summed E-state index contributed by atoms with van der Waals surface area (Å²) in [7, 11) is 0. The van der Waals surface area contributed by atoms with Gasteiger partial charge in [0.25, 0.3) is 5.91 Å². The molecule has 0 fully saturated rings. The van der Waals surface area contributed by atoms with E-state index in [1.54, 1.807) is 22.2 Å². The Bertz CT molecular complexity index is 601. The molecule has 7 heteroatoms. The van der Waals surface area contributed by atoms with Crippen LogP contribution in [0, 0.1) is 5.41 Å². The third kappa shape index (κ3) is 5.23. The van der Waals surface area contributed by atoms with Gasteiger partial charge in [-0.3, -0.25) is 4.79 Å². The number of aromatic nitrogens is 3. The minimum atomic E-state index is -0.565. The Balaban J connectivity index is 1.84. The van der Waals surface area contributed by atoms with Gasteiger partial charge in [-0.05, 0) is 23.3 Å². The van der Waals surface area contributed by atoms with E-state index in [0.717, 1.165) is 4.88 Å². The molecule has 0 aliphatic heterocycles. The van der Waals surface area contributed by atoms with Gasteiger partial charge in [0, 0.05) is 11.4 Å². The van der Waals surface area contributed by atoms with E-state index >= 15 is 0 Å². The van der Waals surface area contributed by atoms with Crippen molar-refractivity contribution in [1.82, 2.24) is 20.3 Å². The van der Waals surface area contributed by atoms with Crippen molar-refractivity contribution < 1.29 is 9.90 Å². The smallest absolute Gasteiger partial charge is 0.273 e. The molecule has 6 nitrogen and oxygen atoms in total. The van der Waals surface area contributed by atoms with Crippen LogP contribution in [0.15, 0.2) is 23.7 Å². The molecule has 22 heavy (non-hydrogen) atoms. The van der Waals surface area contributed by atoms with E-state index in [2.05, 4.69) is 15.6 Å². The fourth-order valence-corrected chi connectivity index (χ4v) is 2.82. The molecule has 1 amide bonds. The van der Waals surface area contributed by atoms with Crippen LogP contribution in [-0.2, 0) is 6.54 Å². The molecule has 0 aliphatic carbocycles. The van der Waals surface area contributed by atoms with Crippen molar-refractivity contribution in [3.05, 3.63) is 34.3 Å². The number of aliphatic hydroxyl groups is 1. The predicted molar refractivity (Wildman–Crippen MR) is 85.9 cm³/mol. The van der Waals surface area contributed by atoms with Gasteiger partial charge in [0.05, 0.1) is 18.8 Å². The number of nitrogens with one attached hydrogen (secondary N) is 1. The minimum absolute atomic E-state index is 0.0218. The van der Waals surface area contributed by atoms with E-state index in [4.69, 9.17) is 0 Å². The maximum Gasteiger partial charge on any atom is 0.273 e. The predicted octanol–water partition coefficient (Wildman–Crippen LogP) is 1.91. The SMILES string of the molecule is CC(C)(C)C[C@H](O)CNC(=O)c1cn(Cc2cccs2)nn1. The molecule has 2 heterocycles. The highest BCUT2D eigenvalue weighted by molar-refractivity contribution is 7.09. The van der Waals surface area contributed by atoms with Gasteiger partial charge in [-0.2, -0.15) is 0 Å². The second-order valence-electron chi connectivity index (χ2n) is 6.51. The third-order valence-corrected chi connectivity index (χ3v) is 3.88. The van der Waals surface area contributed by atoms with Crippen LogP contribution in [0.5, 0.6) is 0 Å². The fourth-order valence-electron chi connectivity index (χ4n) is 2.12. The van der Waals surface area contributed by atoms with Gasteiger partial charge in [0.1, 0.15) is 0 Å². The molecule has 0 radical (unpaired) electrons. The lowest BCUT2D eigenvalue weighted by atomic mass is 9.89. The number of amides is 1. The molecule has 120 valence electrons. The van der Waals surface area contributed by atoms with Gasteiger partial charge in [-0.15, -0.1) is 16.4 Å². The maximum absolute atomic E-state index is 12.0. The Hall–Kier alpha value is -1.73. The molecule has 0 spiro atoms. The Morgan fingerprint density at radius 2 is 2.27 bits per heavy atom. The average Bonchev–Trinajstić information content (AvgIpc) is 3.06. The van der Waals surface area contributed by atoms with Crippen molar-refractivity contribution in [3.63, 3.8) is 0 Å². The topological polar surface area (TPSA) is 80.0 Å². The Kier molecular flexibility index (Phi) is 5.31. The van der Waals surface area contributed by atoms with Crippen molar-refractivity contribution in [1.29, 1.82) is 0 Å². The number of aliphatic hydroxyl groups excluding tert-OH is 1. The first-order valence-corrected chi connectivity index (χ1v) is 8.10. The van der Waals surface area contributed by atoms with Crippen LogP contribution in [0.3, 0.4) is 0 Å². The van der Waals surface area contributed by atoms with Crippen LogP contribution in [-0.4, -0.2) is 38.7 Å². The van der Waals surface area contributed by atoms with Gasteiger partial charge >= 0.3 is 0 Å². The summed E-state index contributed by atoms with van der Waals surface area (Å²) in [5, 5.41) is 22.4. The zero-order valence-corrected chi connectivity index (χ0v) is 13.9. The highest BCUT2D eigenvalue weighted by Crippen LogP contribution is 2.20. The van der Waals surface area contributed by atoms with E-state index in [-0.39, 0.29) is 23.6 Å². The first-order chi connectivity index (χ1) is 10.3. The number of nitrogens with zero attached hydrogens (tertiary/aromatic N) is 3. The Labute approximate surface area is 134 Å². The summed E-state index contributed by atoms with van der Waals surface area (Å²) >= 11 is 1.63. The molecule has 2 N–H and O–H groups in total. The first kappa shape index (κ1) is 16.6. The second kappa shape index (κ2) is 7.02. The van der Waals surface area contributed by atoms with Gasteiger partial charge in [-0.1, -0.05) is 32.1 Å². The second-order valence-corrected chi connectivity index (χ2v) is 7.54. The van der Waals surface area contributed by atoms with Crippen LogP contribution >= 0.6 is 11.3 Å². The molecule has 2 rings (SSSR count). The number of thiophene rings is 1. The summed E-state index contributed by atoms with van der Waals surface area (Å²) in [6, 6.07) is 3.98. The van der Waals surface area contributed by atoms with E-state index < -0.39 is 6.10 Å². The van der Waals surface area contributed by atoms with Crippen LogP contribution in [0.1, 0.15) is 42.6 Å². The van der Waals surface area contributed by atoms with Gasteiger partial charge in [0.2, 0.25) is 0 Å². The summed E-state index contributed by atoms with van der Waals surface area (Å²) < 4.78 is 1.63. The van der Waals surface area contributed by atoms with Gasteiger partial charge in [0.15, 0.2) is 5.69 Å². The molecule has 1 atom stereocenters. The Morgan fingerprint density at radius 3 is 2.91 bits per heavy atom. The number of hydrogen-bond acceptors (Lipinski definition) is 5. The molecule has 0 saturated heterocycles. The molecule has 0 bridgehead atoms. The van der Waals surface area contributed by atoms with Gasteiger partial charge in [-0.25, -0.2) is 4.68 Å². The zero-order valence-electron chi connectivity index (χ0n) is 13.1. The van der Waals surface area contributed by atoms with Crippen LogP contribution in [0.2, 0.25) is 0 Å². The normalized spacial score (nSPS) is 13.1. The lowest BCUT2D eigenvalue weighted by molar-refractivity contribution is 0.0864. The van der Waals surface area contributed by atoms with E-state index in [1.807, 2.05) is 38.3 Å². The van der Waals surface area contributed by atoms with Crippen molar-refractivity contribution in [2.75, 3.05) is 6.54 Å². The molecule has 2 aromatic heterocycles. The molecule has 0 saturated carbocycles. The zero-order chi connectivity index (χ0) is 16.2. The number of hydrogen-bond donors (Lipinski definition) is 2.